The van der Waals surface area contributed by atoms with Crippen LogP contribution in [0, 0.1) is 5.92 Å². The molecule has 0 atom stereocenters. The molecule has 1 fully saturated rings. The van der Waals surface area contributed by atoms with Gasteiger partial charge in [-0.15, -0.1) is 0 Å². The highest BCUT2D eigenvalue weighted by Gasteiger charge is 2.30. The summed E-state index contributed by atoms with van der Waals surface area (Å²) in [6.45, 7) is 4.13. The molecule has 1 aromatic rings. The van der Waals surface area contributed by atoms with Crippen molar-refractivity contribution in [2.24, 2.45) is 5.92 Å². The van der Waals surface area contributed by atoms with Gasteiger partial charge in [-0.1, -0.05) is 12.6 Å². The van der Waals surface area contributed by atoms with Gasteiger partial charge in [-0.25, -0.2) is 0 Å². The molecule has 1 aliphatic heterocycles. The van der Waals surface area contributed by atoms with Crippen molar-refractivity contribution in [3.63, 3.8) is 0 Å². The van der Waals surface area contributed by atoms with Crippen LogP contribution >= 0.6 is 0 Å². The summed E-state index contributed by atoms with van der Waals surface area (Å²) in [6, 6.07) is 5.28. The van der Waals surface area contributed by atoms with Crippen LogP contribution < -0.4 is 15.8 Å². The summed E-state index contributed by atoms with van der Waals surface area (Å²) >= 11 is 0. The van der Waals surface area contributed by atoms with Gasteiger partial charge in [0.1, 0.15) is 0 Å². The average molecular weight is 313 g/mol. The van der Waals surface area contributed by atoms with Gasteiger partial charge in [0, 0.05) is 23.7 Å². The molecule has 3 rings (SSSR count). The van der Waals surface area contributed by atoms with E-state index in [-0.39, 0.29) is 23.6 Å². The summed E-state index contributed by atoms with van der Waals surface area (Å²) in [5.74, 6) is -0.651. The number of hydrogen-bond donors (Lipinski definition) is 2. The number of anilines is 1. The van der Waals surface area contributed by atoms with Crippen molar-refractivity contribution in [2.75, 3.05) is 11.4 Å². The zero-order valence-corrected chi connectivity index (χ0v) is 12.8. The topological polar surface area (TPSA) is 78.5 Å². The lowest BCUT2D eigenvalue weighted by atomic mass is 9.95. The number of benzene rings is 1. The predicted molar refractivity (Wildman–Crippen MR) is 85.6 cm³/mol. The summed E-state index contributed by atoms with van der Waals surface area (Å²) in [4.78, 5) is 37.6. The SMILES string of the molecule is C=CC(=O)N1CCCc2c(C(=O)NNC(=O)C3CC3)cccc21. The lowest BCUT2D eigenvalue weighted by Gasteiger charge is -2.29. The Labute approximate surface area is 134 Å². The molecule has 1 saturated carbocycles. The number of hydrogen-bond acceptors (Lipinski definition) is 3. The van der Waals surface area contributed by atoms with Gasteiger partial charge in [0.2, 0.25) is 11.8 Å². The van der Waals surface area contributed by atoms with Crippen molar-refractivity contribution in [3.05, 3.63) is 42.0 Å². The Hall–Kier alpha value is -2.63. The first-order chi connectivity index (χ1) is 11.1. The zero-order valence-electron chi connectivity index (χ0n) is 12.8. The number of fused-ring (bicyclic) bond motifs is 1. The van der Waals surface area contributed by atoms with Crippen LogP contribution in [-0.4, -0.2) is 24.3 Å². The van der Waals surface area contributed by atoms with Gasteiger partial charge >= 0.3 is 0 Å². The summed E-state index contributed by atoms with van der Waals surface area (Å²) in [5.41, 5.74) is 6.98. The third-order valence-corrected chi connectivity index (χ3v) is 4.18. The average Bonchev–Trinajstić information content (AvgIpc) is 3.42. The molecular weight excluding hydrogens is 294 g/mol. The van der Waals surface area contributed by atoms with E-state index in [4.69, 9.17) is 0 Å². The molecule has 3 amide bonds. The molecule has 0 aromatic heterocycles. The standard InChI is InChI=1S/C17H19N3O3/c1-2-15(21)20-10-4-6-12-13(5-3-7-14(12)20)17(23)19-18-16(22)11-8-9-11/h2-3,5,7,11H,1,4,6,8-10H2,(H,18,22)(H,19,23). The van der Waals surface area contributed by atoms with E-state index in [0.29, 0.717) is 12.1 Å². The molecule has 0 bridgehead atoms. The largest absolute Gasteiger partial charge is 0.309 e. The first kappa shape index (κ1) is 15.3. The molecule has 6 heteroatoms. The van der Waals surface area contributed by atoms with Crippen molar-refractivity contribution >= 4 is 23.4 Å². The van der Waals surface area contributed by atoms with Crippen LogP contribution in [0.15, 0.2) is 30.9 Å². The van der Waals surface area contributed by atoms with Gasteiger partial charge in [0.05, 0.1) is 0 Å². The highest BCUT2D eigenvalue weighted by molar-refractivity contribution is 6.04. The minimum absolute atomic E-state index is 0.0284. The van der Waals surface area contributed by atoms with E-state index < -0.39 is 0 Å². The fraction of sp³-hybridized carbons (Fsp3) is 0.353. The molecule has 1 heterocycles. The predicted octanol–water partition coefficient (Wildman–Crippen LogP) is 1.32. The van der Waals surface area contributed by atoms with Gasteiger partial charge in [-0.05, 0) is 49.5 Å². The second kappa shape index (κ2) is 6.24. The number of rotatable bonds is 3. The number of carbonyl (C=O) groups is 3. The maximum absolute atomic E-state index is 12.4. The van der Waals surface area contributed by atoms with Crippen molar-refractivity contribution in [1.29, 1.82) is 0 Å². The molecule has 2 aliphatic rings. The van der Waals surface area contributed by atoms with Crippen molar-refractivity contribution in [1.82, 2.24) is 10.9 Å². The molecule has 1 aromatic carbocycles. The number of nitrogens with zero attached hydrogens (tertiary/aromatic N) is 1. The van der Waals surface area contributed by atoms with Crippen molar-refractivity contribution < 1.29 is 14.4 Å². The second-order valence-corrected chi connectivity index (χ2v) is 5.82. The summed E-state index contributed by atoms with van der Waals surface area (Å²) < 4.78 is 0. The van der Waals surface area contributed by atoms with Crippen LogP contribution in [0.25, 0.3) is 0 Å². The maximum Gasteiger partial charge on any atom is 0.270 e. The third kappa shape index (κ3) is 3.11. The summed E-state index contributed by atoms with van der Waals surface area (Å²) in [6.07, 6.45) is 4.53. The van der Waals surface area contributed by atoms with E-state index in [1.807, 2.05) is 6.07 Å². The smallest absolute Gasteiger partial charge is 0.270 e. The number of hydrazine groups is 1. The molecular formula is C17H19N3O3. The molecule has 0 radical (unpaired) electrons. The van der Waals surface area contributed by atoms with Crippen LogP contribution in [0.3, 0.4) is 0 Å². The van der Waals surface area contributed by atoms with Crippen LogP contribution in [0.2, 0.25) is 0 Å². The number of amides is 3. The zero-order chi connectivity index (χ0) is 16.4. The minimum atomic E-state index is -0.358. The Morgan fingerprint density at radius 2 is 2.00 bits per heavy atom. The third-order valence-electron chi connectivity index (χ3n) is 4.18. The summed E-state index contributed by atoms with van der Waals surface area (Å²) in [7, 11) is 0. The Morgan fingerprint density at radius 1 is 1.22 bits per heavy atom. The van der Waals surface area contributed by atoms with E-state index in [2.05, 4.69) is 17.4 Å². The Morgan fingerprint density at radius 3 is 2.70 bits per heavy atom. The van der Waals surface area contributed by atoms with Gasteiger partial charge in [-0.2, -0.15) is 0 Å². The molecule has 1 aliphatic carbocycles. The first-order valence-corrected chi connectivity index (χ1v) is 7.78. The normalized spacial score (nSPS) is 16.3. The van der Waals surface area contributed by atoms with Crippen molar-refractivity contribution in [3.8, 4) is 0 Å². The van der Waals surface area contributed by atoms with E-state index in [1.165, 1.54) is 6.08 Å². The molecule has 0 spiro atoms. The van der Waals surface area contributed by atoms with Gasteiger partial charge < -0.3 is 4.90 Å². The number of nitrogens with one attached hydrogen (secondary N) is 2. The Kier molecular flexibility index (Phi) is 4.14. The first-order valence-electron chi connectivity index (χ1n) is 7.78. The Bertz CT molecular complexity index is 680. The van der Waals surface area contributed by atoms with Crippen LogP contribution in [0.5, 0.6) is 0 Å². The van der Waals surface area contributed by atoms with E-state index in [1.54, 1.807) is 17.0 Å². The van der Waals surface area contributed by atoms with E-state index in [9.17, 15) is 14.4 Å². The summed E-state index contributed by atoms with van der Waals surface area (Å²) in [5, 5.41) is 0. The van der Waals surface area contributed by atoms with Crippen LogP contribution in [0.4, 0.5) is 5.69 Å². The van der Waals surface area contributed by atoms with E-state index >= 15 is 0 Å². The fourth-order valence-corrected chi connectivity index (χ4v) is 2.81. The molecule has 0 saturated heterocycles. The highest BCUT2D eigenvalue weighted by Crippen LogP contribution is 2.30. The molecule has 6 nitrogen and oxygen atoms in total. The van der Waals surface area contributed by atoms with Gasteiger partial charge in [0.15, 0.2) is 0 Å². The molecule has 2 N–H and O–H groups in total. The molecule has 23 heavy (non-hydrogen) atoms. The van der Waals surface area contributed by atoms with Crippen LogP contribution in [-0.2, 0) is 16.0 Å². The highest BCUT2D eigenvalue weighted by atomic mass is 16.2. The Balaban J connectivity index is 1.80. The quantitative estimate of drug-likeness (QED) is 0.652. The second-order valence-electron chi connectivity index (χ2n) is 5.82. The maximum atomic E-state index is 12.4. The van der Waals surface area contributed by atoms with Gasteiger partial charge in [0.25, 0.3) is 5.91 Å². The lowest BCUT2D eigenvalue weighted by Crippen LogP contribution is -2.43. The lowest BCUT2D eigenvalue weighted by molar-refractivity contribution is -0.123. The van der Waals surface area contributed by atoms with E-state index in [0.717, 1.165) is 36.9 Å². The fourth-order valence-electron chi connectivity index (χ4n) is 2.81. The minimum Gasteiger partial charge on any atom is -0.309 e. The number of carbonyl (C=O) groups excluding carboxylic acids is 3. The molecule has 120 valence electrons. The molecule has 0 unspecified atom stereocenters. The van der Waals surface area contributed by atoms with Crippen LogP contribution in [0.1, 0.15) is 35.2 Å². The monoisotopic (exact) mass is 313 g/mol. The van der Waals surface area contributed by atoms with Gasteiger partial charge in [-0.3, -0.25) is 25.2 Å². The van der Waals surface area contributed by atoms with Crippen molar-refractivity contribution in [2.45, 2.75) is 25.7 Å².